The van der Waals surface area contributed by atoms with E-state index in [1.807, 2.05) is 44.2 Å². The summed E-state index contributed by atoms with van der Waals surface area (Å²) in [7, 11) is 0. The predicted octanol–water partition coefficient (Wildman–Crippen LogP) is 2.45. The van der Waals surface area contributed by atoms with E-state index in [1.165, 1.54) is 23.1 Å². The highest BCUT2D eigenvalue weighted by Gasteiger charge is 2.35. The number of hydrogen-bond acceptors (Lipinski definition) is 5. The van der Waals surface area contributed by atoms with Crippen LogP contribution in [0.1, 0.15) is 50.5 Å². The Kier molecular flexibility index (Phi) is 6.61. The summed E-state index contributed by atoms with van der Waals surface area (Å²) in [6.45, 7) is 4.26. The number of nitrogens with zero attached hydrogens (tertiary/aromatic N) is 1. The van der Waals surface area contributed by atoms with Crippen molar-refractivity contribution in [1.29, 1.82) is 0 Å². The number of hydrogen-bond donors (Lipinski definition) is 1. The van der Waals surface area contributed by atoms with Crippen LogP contribution < -0.4 is 5.32 Å². The maximum absolute atomic E-state index is 12.7. The average molecular weight is 408 g/mol. The molecule has 1 aliphatic rings. The molecule has 0 bridgehead atoms. The van der Waals surface area contributed by atoms with Gasteiger partial charge in [0.25, 0.3) is 17.7 Å². The van der Waals surface area contributed by atoms with E-state index in [4.69, 9.17) is 4.74 Å². The van der Waals surface area contributed by atoms with Crippen LogP contribution in [0.4, 0.5) is 0 Å². The van der Waals surface area contributed by atoms with Crippen LogP contribution in [-0.2, 0) is 16.0 Å². The van der Waals surface area contributed by atoms with E-state index in [0.29, 0.717) is 13.0 Å². The van der Waals surface area contributed by atoms with Crippen molar-refractivity contribution in [3.8, 4) is 0 Å². The van der Waals surface area contributed by atoms with E-state index in [-0.39, 0.29) is 35.1 Å². The van der Waals surface area contributed by atoms with Crippen LogP contribution in [0.15, 0.2) is 48.5 Å². The summed E-state index contributed by atoms with van der Waals surface area (Å²) in [6.07, 6.45) is 0.548. The minimum Gasteiger partial charge on any atom is -0.452 e. The van der Waals surface area contributed by atoms with Crippen LogP contribution in [0.5, 0.6) is 0 Å². The van der Waals surface area contributed by atoms with Crippen molar-refractivity contribution in [1.82, 2.24) is 10.2 Å². The summed E-state index contributed by atoms with van der Waals surface area (Å²) in [5.74, 6) is -1.64. The molecule has 2 aromatic rings. The Balaban J connectivity index is 1.63. The van der Waals surface area contributed by atoms with E-state index in [2.05, 4.69) is 5.32 Å². The molecular formula is C23H24N2O5. The highest BCUT2D eigenvalue weighted by atomic mass is 16.5. The number of benzene rings is 2. The lowest BCUT2D eigenvalue weighted by molar-refractivity contribution is -0.124. The molecule has 0 saturated carbocycles. The van der Waals surface area contributed by atoms with Crippen molar-refractivity contribution in [2.45, 2.75) is 20.3 Å². The average Bonchev–Trinajstić information content (AvgIpc) is 2.99. The van der Waals surface area contributed by atoms with E-state index < -0.39 is 24.4 Å². The van der Waals surface area contributed by atoms with Crippen LogP contribution >= 0.6 is 0 Å². The summed E-state index contributed by atoms with van der Waals surface area (Å²) < 4.78 is 5.02. The van der Waals surface area contributed by atoms with Gasteiger partial charge in [-0.15, -0.1) is 0 Å². The predicted molar refractivity (Wildman–Crippen MR) is 110 cm³/mol. The number of carbonyl (C=O) groups excluding carboxylic acids is 4. The zero-order chi connectivity index (χ0) is 21.7. The molecule has 0 saturated heterocycles. The molecule has 0 spiro atoms. The Morgan fingerprint density at radius 2 is 1.70 bits per heavy atom. The molecule has 156 valence electrons. The first-order valence-electron chi connectivity index (χ1n) is 9.85. The second kappa shape index (κ2) is 9.35. The normalized spacial score (nSPS) is 12.8. The molecule has 0 radical (unpaired) electrons. The van der Waals surface area contributed by atoms with Crippen LogP contribution in [-0.4, -0.2) is 48.3 Å². The van der Waals surface area contributed by atoms with Gasteiger partial charge in [0.2, 0.25) is 0 Å². The third kappa shape index (κ3) is 4.92. The first kappa shape index (κ1) is 21.2. The van der Waals surface area contributed by atoms with Gasteiger partial charge in [-0.3, -0.25) is 19.3 Å². The van der Waals surface area contributed by atoms with E-state index in [9.17, 15) is 19.2 Å². The van der Waals surface area contributed by atoms with E-state index in [1.54, 1.807) is 0 Å². The van der Waals surface area contributed by atoms with Crippen LogP contribution in [0.2, 0.25) is 0 Å². The number of esters is 1. The standard InChI is InChI=1S/C23H24N2O5/c1-15(2)13-24-20(26)14-30-23(29)17-8-9-18-19(12-17)22(28)25(21(18)27)11-10-16-6-4-3-5-7-16/h3-9,12,15H,10-11,13-14H2,1-2H3,(H,24,26). The van der Waals surface area contributed by atoms with Gasteiger partial charge >= 0.3 is 5.97 Å². The third-order valence-corrected chi connectivity index (χ3v) is 4.72. The fourth-order valence-electron chi connectivity index (χ4n) is 3.09. The van der Waals surface area contributed by atoms with Gasteiger partial charge in [0, 0.05) is 13.1 Å². The molecule has 1 N–H and O–H groups in total. The maximum Gasteiger partial charge on any atom is 0.338 e. The summed E-state index contributed by atoms with van der Waals surface area (Å²) in [5.41, 5.74) is 1.58. The van der Waals surface area contributed by atoms with Crippen molar-refractivity contribution < 1.29 is 23.9 Å². The van der Waals surface area contributed by atoms with E-state index >= 15 is 0 Å². The van der Waals surface area contributed by atoms with Crippen molar-refractivity contribution in [2.24, 2.45) is 5.92 Å². The zero-order valence-corrected chi connectivity index (χ0v) is 17.0. The van der Waals surface area contributed by atoms with Crippen molar-refractivity contribution >= 4 is 23.7 Å². The fraction of sp³-hybridized carbons (Fsp3) is 0.304. The Hall–Kier alpha value is -3.48. The van der Waals surface area contributed by atoms with Gasteiger partial charge in [0.15, 0.2) is 6.61 Å². The lowest BCUT2D eigenvalue weighted by Crippen LogP contribution is -2.31. The summed E-state index contributed by atoms with van der Waals surface area (Å²) in [4.78, 5) is 50.4. The largest absolute Gasteiger partial charge is 0.452 e. The van der Waals surface area contributed by atoms with Gasteiger partial charge in [-0.05, 0) is 36.1 Å². The number of nitrogens with one attached hydrogen (secondary N) is 1. The molecule has 3 rings (SSSR count). The van der Waals surface area contributed by atoms with Gasteiger partial charge in [-0.25, -0.2) is 4.79 Å². The monoisotopic (exact) mass is 408 g/mol. The number of ether oxygens (including phenoxy) is 1. The molecule has 0 atom stereocenters. The van der Waals surface area contributed by atoms with Gasteiger partial charge in [0.05, 0.1) is 16.7 Å². The molecule has 0 unspecified atom stereocenters. The molecule has 0 aliphatic carbocycles. The summed E-state index contributed by atoms with van der Waals surface area (Å²) >= 11 is 0. The molecule has 3 amide bonds. The van der Waals surface area contributed by atoms with Gasteiger partial charge < -0.3 is 10.1 Å². The summed E-state index contributed by atoms with van der Waals surface area (Å²) in [5, 5.41) is 2.66. The number of amides is 3. The van der Waals surface area contributed by atoms with Crippen LogP contribution in [0, 0.1) is 5.92 Å². The molecule has 30 heavy (non-hydrogen) atoms. The van der Waals surface area contributed by atoms with Gasteiger partial charge in [0.1, 0.15) is 0 Å². The lowest BCUT2D eigenvalue weighted by atomic mass is 10.1. The first-order chi connectivity index (χ1) is 14.4. The number of fused-ring (bicyclic) bond motifs is 1. The van der Waals surface area contributed by atoms with Crippen molar-refractivity contribution in [2.75, 3.05) is 19.7 Å². The molecular weight excluding hydrogens is 384 g/mol. The topological polar surface area (TPSA) is 92.8 Å². The van der Waals surface area contributed by atoms with E-state index in [0.717, 1.165) is 5.56 Å². The highest BCUT2D eigenvalue weighted by molar-refractivity contribution is 6.22. The smallest absolute Gasteiger partial charge is 0.338 e. The molecule has 7 nitrogen and oxygen atoms in total. The van der Waals surface area contributed by atoms with Crippen molar-refractivity contribution in [3.05, 3.63) is 70.8 Å². The maximum atomic E-state index is 12.7. The van der Waals surface area contributed by atoms with Crippen LogP contribution in [0.25, 0.3) is 0 Å². The molecule has 0 aromatic heterocycles. The summed E-state index contributed by atoms with van der Waals surface area (Å²) in [6, 6.07) is 13.8. The molecule has 1 heterocycles. The highest BCUT2D eigenvalue weighted by Crippen LogP contribution is 2.24. The Bertz CT molecular complexity index is 969. The molecule has 1 aliphatic heterocycles. The van der Waals surface area contributed by atoms with Gasteiger partial charge in [-0.2, -0.15) is 0 Å². The number of rotatable bonds is 8. The second-order valence-electron chi connectivity index (χ2n) is 7.53. The minimum absolute atomic E-state index is 0.122. The fourth-order valence-corrected chi connectivity index (χ4v) is 3.09. The Labute approximate surface area is 175 Å². The third-order valence-electron chi connectivity index (χ3n) is 4.72. The molecule has 2 aromatic carbocycles. The zero-order valence-electron chi connectivity index (χ0n) is 17.0. The molecule has 7 heteroatoms. The second-order valence-corrected chi connectivity index (χ2v) is 7.53. The lowest BCUT2D eigenvalue weighted by Gasteiger charge is -2.13. The first-order valence-corrected chi connectivity index (χ1v) is 9.85. The minimum atomic E-state index is -0.722. The SMILES string of the molecule is CC(C)CNC(=O)COC(=O)c1ccc2c(c1)C(=O)N(CCc1ccccc1)C2=O. The van der Waals surface area contributed by atoms with Gasteiger partial charge in [-0.1, -0.05) is 44.2 Å². The number of imide groups is 1. The number of carbonyl (C=O) groups is 4. The Morgan fingerprint density at radius 3 is 2.40 bits per heavy atom. The van der Waals surface area contributed by atoms with Crippen molar-refractivity contribution in [3.63, 3.8) is 0 Å². The molecule has 0 fully saturated rings. The van der Waals surface area contributed by atoms with Crippen LogP contribution in [0.3, 0.4) is 0 Å². The quantitative estimate of drug-likeness (QED) is 0.535. The Morgan fingerprint density at radius 1 is 1.00 bits per heavy atom.